The zero-order valence-electron chi connectivity index (χ0n) is 11.8. The van der Waals surface area contributed by atoms with Crippen molar-refractivity contribution < 1.29 is 19.1 Å². The number of hydrogen-bond acceptors (Lipinski definition) is 5. The highest BCUT2D eigenvalue weighted by molar-refractivity contribution is 5.84. The molecule has 1 atom stereocenters. The summed E-state index contributed by atoms with van der Waals surface area (Å²) in [5, 5.41) is 2.74. The first kappa shape index (κ1) is 14.8. The number of likely N-dealkylation sites (tertiary alicyclic amines) is 2. The van der Waals surface area contributed by atoms with E-state index in [1.54, 1.807) is 4.90 Å². The monoisotopic (exact) mass is 283 g/mol. The molecule has 0 aromatic carbocycles. The molecule has 2 amide bonds. The molecule has 2 rings (SSSR count). The zero-order chi connectivity index (χ0) is 14.5. The van der Waals surface area contributed by atoms with Gasteiger partial charge in [0.1, 0.15) is 5.78 Å². The fourth-order valence-electron chi connectivity index (χ4n) is 2.62. The third-order valence-electron chi connectivity index (χ3n) is 3.81. The van der Waals surface area contributed by atoms with E-state index in [0.717, 1.165) is 13.0 Å². The Bertz CT molecular complexity index is 389. The van der Waals surface area contributed by atoms with Gasteiger partial charge in [0.25, 0.3) is 0 Å². The summed E-state index contributed by atoms with van der Waals surface area (Å²) < 4.78 is 4.56. The molecule has 0 saturated carbocycles. The Balaban J connectivity index is 1.73. The lowest BCUT2D eigenvalue weighted by molar-refractivity contribution is -0.135. The topological polar surface area (TPSA) is 79.0 Å². The number of rotatable bonds is 3. The second-order valence-corrected chi connectivity index (χ2v) is 5.28. The number of alkyl carbamates (subject to hydrolysis) is 1. The second kappa shape index (κ2) is 6.69. The average Bonchev–Trinajstić information content (AvgIpc) is 2.86. The van der Waals surface area contributed by atoms with E-state index < -0.39 is 6.09 Å². The minimum Gasteiger partial charge on any atom is -0.453 e. The predicted octanol–water partition coefficient (Wildman–Crippen LogP) is -0.392. The van der Waals surface area contributed by atoms with Crippen molar-refractivity contribution in [3.63, 3.8) is 0 Å². The number of amides is 2. The van der Waals surface area contributed by atoms with Crippen LogP contribution in [-0.4, -0.2) is 73.5 Å². The third-order valence-corrected chi connectivity index (χ3v) is 3.81. The van der Waals surface area contributed by atoms with Gasteiger partial charge in [-0.05, 0) is 6.42 Å². The molecule has 0 bridgehead atoms. The number of carbonyl (C=O) groups excluding carboxylic acids is 3. The van der Waals surface area contributed by atoms with E-state index in [2.05, 4.69) is 10.1 Å². The highest BCUT2D eigenvalue weighted by atomic mass is 16.5. The summed E-state index contributed by atoms with van der Waals surface area (Å²) in [7, 11) is 1.34. The van der Waals surface area contributed by atoms with E-state index in [-0.39, 0.29) is 17.7 Å². The number of hydrogen-bond donors (Lipinski definition) is 1. The summed E-state index contributed by atoms with van der Waals surface area (Å²) in [5.41, 5.74) is 0. The van der Waals surface area contributed by atoms with Crippen molar-refractivity contribution >= 4 is 17.8 Å². The van der Waals surface area contributed by atoms with Crippen LogP contribution in [0.4, 0.5) is 4.79 Å². The van der Waals surface area contributed by atoms with Crippen molar-refractivity contribution in [2.24, 2.45) is 0 Å². The normalized spacial score (nSPS) is 23.8. The molecule has 112 valence electrons. The van der Waals surface area contributed by atoms with Gasteiger partial charge < -0.3 is 15.0 Å². The highest BCUT2D eigenvalue weighted by Crippen LogP contribution is 2.11. The van der Waals surface area contributed by atoms with Gasteiger partial charge in [-0.15, -0.1) is 0 Å². The number of methoxy groups -OCH3 is 1. The van der Waals surface area contributed by atoms with Crippen LogP contribution < -0.4 is 5.32 Å². The summed E-state index contributed by atoms with van der Waals surface area (Å²) in [6.07, 6.45) is 1.33. The fourth-order valence-corrected chi connectivity index (χ4v) is 2.62. The average molecular weight is 283 g/mol. The van der Waals surface area contributed by atoms with E-state index in [4.69, 9.17) is 0 Å². The van der Waals surface area contributed by atoms with Gasteiger partial charge in [0.15, 0.2) is 0 Å². The Kier molecular flexibility index (Phi) is 4.94. The Morgan fingerprint density at radius 3 is 2.65 bits per heavy atom. The van der Waals surface area contributed by atoms with Gasteiger partial charge in [-0.2, -0.15) is 0 Å². The molecule has 2 saturated heterocycles. The maximum Gasteiger partial charge on any atom is 0.407 e. The van der Waals surface area contributed by atoms with Crippen molar-refractivity contribution in [2.75, 3.05) is 39.8 Å². The van der Waals surface area contributed by atoms with Gasteiger partial charge in [-0.3, -0.25) is 14.5 Å². The number of carbonyl (C=O) groups is 3. The van der Waals surface area contributed by atoms with Crippen LogP contribution in [0.15, 0.2) is 0 Å². The number of ether oxygens (including phenoxy) is 1. The van der Waals surface area contributed by atoms with Gasteiger partial charge in [0, 0.05) is 45.1 Å². The first-order valence-corrected chi connectivity index (χ1v) is 6.95. The summed E-state index contributed by atoms with van der Waals surface area (Å²) in [6.45, 7) is 2.87. The number of nitrogens with zero attached hydrogens (tertiary/aromatic N) is 2. The molecule has 0 aromatic heterocycles. The van der Waals surface area contributed by atoms with Crippen molar-refractivity contribution in [2.45, 2.75) is 25.3 Å². The Hall–Kier alpha value is -1.63. The lowest BCUT2D eigenvalue weighted by Crippen LogP contribution is -2.44. The molecule has 7 nitrogen and oxygen atoms in total. The predicted molar refractivity (Wildman–Crippen MR) is 71.2 cm³/mol. The molecule has 7 heteroatoms. The Labute approximate surface area is 118 Å². The van der Waals surface area contributed by atoms with Crippen LogP contribution >= 0.6 is 0 Å². The molecule has 1 N–H and O–H groups in total. The van der Waals surface area contributed by atoms with Crippen molar-refractivity contribution in [3.8, 4) is 0 Å². The largest absolute Gasteiger partial charge is 0.453 e. The first-order chi connectivity index (χ1) is 9.58. The van der Waals surface area contributed by atoms with Crippen molar-refractivity contribution in [1.82, 2.24) is 15.1 Å². The van der Waals surface area contributed by atoms with Crippen LogP contribution in [0.1, 0.15) is 19.3 Å². The van der Waals surface area contributed by atoms with Crippen molar-refractivity contribution in [3.05, 3.63) is 0 Å². The van der Waals surface area contributed by atoms with E-state index in [1.807, 2.05) is 4.90 Å². The Morgan fingerprint density at radius 2 is 2.00 bits per heavy atom. The number of ketones is 1. The van der Waals surface area contributed by atoms with Crippen LogP contribution in [0.5, 0.6) is 0 Å². The van der Waals surface area contributed by atoms with Gasteiger partial charge in [0.05, 0.1) is 13.7 Å². The maximum absolute atomic E-state index is 12.1. The molecular formula is C13H21N3O4. The third kappa shape index (κ3) is 3.93. The highest BCUT2D eigenvalue weighted by Gasteiger charge is 2.28. The first-order valence-electron chi connectivity index (χ1n) is 6.95. The summed E-state index contributed by atoms with van der Waals surface area (Å²) in [6, 6.07) is 0.0400. The molecule has 2 aliphatic rings. The standard InChI is InChI=1S/C13H21N3O4/c1-20-13(19)14-10-2-5-15(8-10)9-12(18)16-6-3-11(17)4-7-16/h10H,2-9H2,1H3,(H,14,19). The quantitative estimate of drug-likeness (QED) is 0.763. The molecule has 1 unspecified atom stereocenters. The number of piperidine rings is 1. The zero-order valence-corrected chi connectivity index (χ0v) is 11.8. The lowest BCUT2D eigenvalue weighted by Gasteiger charge is -2.28. The van der Waals surface area contributed by atoms with E-state index in [9.17, 15) is 14.4 Å². The molecular weight excluding hydrogens is 262 g/mol. The van der Waals surface area contributed by atoms with Crippen LogP contribution in [0.3, 0.4) is 0 Å². The van der Waals surface area contributed by atoms with Gasteiger partial charge in [-0.1, -0.05) is 0 Å². The summed E-state index contributed by atoms with van der Waals surface area (Å²) in [4.78, 5) is 38.2. The smallest absolute Gasteiger partial charge is 0.407 e. The van der Waals surface area contributed by atoms with Crippen LogP contribution in [0, 0.1) is 0 Å². The van der Waals surface area contributed by atoms with Crippen LogP contribution in [-0.2, 0) is 14.3 Å². The fraction of sp³-hybridized carbons (Fsp3) is 0.769. The number of Topliss-reactive ketones (excluding diaryl/α,β-unsaturated/α-hetero) is 1. The lowest BCUT2D eigenvalue weighted by atomic mass is 10.1. The molecule has 0 aromatic rings. The SMILES string of the molecule is COC(=O)NC1CCN(CC(=O)N2CCC(=O)CC2)C1. The van der Waals surface area contributed by atoms with Crippen LogP contribution in [0.25, 0.3) is 0 Å². The molecule has 0 radical (unpaired) electrons. The number of nitrogens with one attached hydrogen (secondary N) is 1. The van der Waals surface area contributed by atoms with Gasteiger partial charge in [-0.25, -0.2) is 4.79 Å². The molecule has 2 heterocycles. The Morgan fingerprint density at radius 1 is 1.30 bits per heavy atom. The van der Waals surface area contributed by atoms with E-state index in [1.165, 1.54) is 7.11 Å². The molecule has 0 aliphatic carbocycles. The van der Waals surface area contributed by atoms with Crippen LogP contribution in [0.2, 0.25) is 0 Å². The van der Waals surface area contributed by atoms with Gasteiger partial charge >= 0.3 is 6.09 Å². The molecule has 2 aliphatic heterocycles. The van der Waals surface area contributed by atoms with Crippen molar-refractivity contribution in [1.29, 1.82) is 0 Å². The molecule has 2 fully saturated rings. The van der Waals surface area contributed by atoms with Gasteiger partial charge in [0.2, 0.25) is 5.91 Å². The molecule has 0 spiro atoms. The summed E-state index contributed by atoms with van der Waals surface area (Å²) in [5.74, 6) is 0.300. The van der Waals surface area contributed by atoms with E-state index in [0.29, 0.717) is 39.0 Å². The summed E-state index contributed by atoms with van der Waals surface area (Å²) >= 11 is 0. The molecule has 20 heavy (non-hydrogen) atoms. The minimum atomic E-state index is -0.433. The maximum atomic E-state index is 12.1. The van der Waals surface area contributed by atoms with E-state index >= 15 is 0 Å². The second-order valence-electron chi connectivity index (χ2n) is 5.28. The minimum absolute atomic E-state index is 0.0400.